The van der Waals surface area contributed by atoms with E-state index in [4.69, 9.17) is 4.74 Å². The number of hydrogen-bond donors (Lipinski definition) is 2. The molecule has 7 nitrogen and oxygen atoms in total. The number of ether oxygens (including phenoxy) is 1. The van der Waals surface area contributed by atoms with Gasteiger partial charge in [0.1, 0.15) is 0 Å². The molecule has 2 aromatic rings. The van der Waals surface area contributed by atoms with Crippen LogP contribution in [-0.4, -0.2) is 32.4 Å². The lowest BCUT2D eigenvalue weighted by molar-refractivity contribution is -0.119. The van der Waals surface area contributed by atoms with Gasteiger partial charge >= 0.3 is 5.97 Å². The van der Waals surface area contributed by atoms with Crippen LogP contribution in [0.2, 0.25) is 0 Å². The Morgan fingerprint density at radius 2 is 1.72 bits per heavy atom. The SMILES string of the molecule is Cc1ccc(NC(=O)COC(=O)c2cccc(S(=O)(=O)NC(C)(C)C)c2)c(C)c1. The molecule has 29 heavy (non-hydrogen) atoms. The molecule has 0 heterocycles. The predicted octanol–water partition coefficient (Wildman–Crippen LogP) is 3.18. The van der Waals surface area contributed by atoms with Crippen LogP contribution in [0.25, 0.3) is 0 Å². The van der Waals surface area contributed by atoms with Crippen LogP contribution in [0.3, 0.4) is 0 Å². The monoisotopic (exact) mass is 418 g/mol. The summed E-state index contributed by atoms with van der Waals surface area (Å²) in [5.41, 5.74) is 1.98. The molecule has 0 aliphatic carbocycles. The summed E-state index contributed by atoms with van der Waals surface area (Å²) in [5.74, 6) is -1.27. The number of benzene rings is 2. The van der Waals surface area contributed by atoms with Gasteiger partial charge in [0.2, 0.25) is 10.0 Å². The van der Waals surface area contributed by atoms with E-state index in [0.29, 0.717) is 5.69 Å². The summed E-state index contributed by atoms with van der Waals surface area (Å²) < 4.78 is 32.4. The second-order valence-electron chi connectivity index (χ2n) is 7.83. The van der Waals surface area contributed by atoms with Gasteiger partial charge in [-0.05, 0) is 64.4 Å². The second kappa shape index (κ2) is 8.75. The summed E-state index contributed by atoms with van der Waals surface area (Å²) in [7, 11) is -3.79. The molecule has 0 bridgehead atoms. The molecule has 0 aliphatic heterocycles. The summed E-state index contributed by atoms with van der Waals surface area (Å²) in [6.07, 6.45) is 0. The van der Waals surface area contributed by atoms with Gasteiger partial charge in [0.25, 0.3) is 5.91 Å². The van der Waals surface area contributed by atoms with E-state index in [0.717, 1.165) is 11.1 Å². The third kappa shape index (κ3) is 6.69. The summed E-state index contributed by atoms with van der Waals surface area (Å²) in [5, 5.41) is 2.68. The lowest BCUT2D eigenvalue weighted by atomic mass is 10.1. The van der Waals surface area contributed by atoms with Crippen molar-refractivity contribution in [1.82, 2.24) is 4.72 Å². The van der Waals surface area contributed by atoms with Crippen LogP contribution >= 0.6 is 0 Å². The minimum Gasteiger partial charge on any atom is -0.452 e. The fourth-order valence-electron chi connectivity index (χ4n) is 2.61. The molecule has 2 N–H and O–H groups in total. The fraction of sp³-hybridized carbons (Fsp3) is 0.333. The third-order valence-electron chi connectivity index (χ3n) is 3.81. The molecule has 0 fully saturated rings. The number of rotatable bonds is 6. The third-order valence-corrected chi connectivity index (χ3v) is 5.57. The van der Waals surface area contributed by atoms with E-state index >= 15 is 0 Å². The molecular weight excluding hydrogens is 392 g/mol. The molecule has 1 amide bonds. The van der Waals surface area contributed by atoms with Gasteiger partial charge in [0, 0.05) is 11.2 Å². The first-order valence-electron chi connectivity index (χ1n) is 9.06. The molecular formula is C21H26N2O5S. The van der Waals surface area contributed by atoms with Crippen molar-refractivity contribution in [3.05, 3.63) is 59.2 Å². The van der Waals surface area contributed by atoms with Crippen LogP contribution < -0.4 is 10.0 Å². The summed E-state index contributed by atoms with van der Waals surface area (Å²) in [6, 6.07) is 11.1. The Morgan fingerprint density at radius 3 is 2.34 bits per heavy atom. The minimum atomic E-state index is -3.79. The molecule has 0 radical (unpaired) electrons. The van der Waals surface area contributed by atoms with E-state index in [1.807, 2.05) is 26.0 Å². The maximum Gasteiger partial charge on any atom is 0.338 e. The zero-order valence-electron chi connectivity index (χ0n) is 17.2. The van der Waals surface area contributed by atoms with Crippen LogP contribution in [0.5, 0.6) is 0 Å². The Balaban J connectivity index is 2.03. The number of anilines is 1. The topological polar surface area (TPSA) is 102 Å². The molecule has 0 aromatic heterocycles. The number of carbonyl (C=O) groups excluding carboxylic acids is 2. The molecule has 0 unspecified atom stereocenters. The Kier molecular flexibility index (Phi) is 6.81. The molecule has 0 spiro atoms. The molecule has 8 heteroatoms. The van der Waals surface area contributed by atoms with Gasteiger partial charge in [0.15, 0.2) is 6.61 Å². The van der Waals surface area contributed by atoms with Gasteiger partial charge in [-0.3, -0.25) is 4.79 Å². The first kappa shape index (κ1) is 22.6. The smallest absolute Gasteiger partial charge is 0.338 e. The van der Waals surface area contributed by atoms with E-state index in [9.17, 15) is 18.0 Å². The molecule has 0 atom stereocenters. The Bertz CT molecular complexity index is 1020. The van der Waals surface area contributed by atoms with E-state index < -0.39 is 34.0 Å². The Hall–Kier alpha value is -2.71. The minimum absolute atomic E-state index is 0.0427. The number of carbonyl (C=O) groups is 2. The zero-order valence-corrected chi connectivity index (χ0v) is 18.0. The first-order chi connectivity index (χ1) is 13.4. The van der Waals surface area contributed by atoms with Crippen LogP contribution in [-0.2, 0) is 19.6 Å². The van der Waals surface area contributed by atoms with Crippen LogP contribution in [0, 0.1) is 13.8 Å². The largest absolute Gasteiger partial charge is 0.452 e. The Labute approximate surface area is 171 Å². The van der Waals surface area contributed by atoms with E-state index in [1.54, 1.807) is 26.8 Å². The van der Waals surface area contributed by atoms with Gasteiger partial charge in [-0.15, -0.1) is 0 Å². The number of amides is 1. The van der Waals surface area contributed by atoms with Crippen molar-refractivity contribution in [1.29, 1.82) is 0 Å². The predicted molar refractivity (Wildman–Crippen MR) is 111 cm³/mol. The molecule has 0 saturated heterocycles. The van der Waals surface area contributed by atoms with Gasteiger partial charge in [-0.1, -0.05) is 23.8 Å². The van der Waals surface area contributed by atoms with Crippen molar-refractivity contribution in [2.45, 2.75) is 45.1 Å². The highest BCUT2D eigenvalue weighted by Crippen LogP contribution is 2.17. The highest BCUT2D eigenvalue weighted by molar-refractivity contribution is 7.89. The molecule has 2 rings (SSSR count). The average molecular weight is 419 g/mol. The van der Waals surface area contributed by atoms with Crippen LogP contribution in [0.4, 0.5) is 5.69 Å². The van der Waals surface area contributed by atoms with Crippen LogP contribution in [0.1, 0.15) is 42.3 Å². The standard InChI is InChI=1S/C21H26N2O5S/c1-14-9-10-18(15(2)11-14)22-19(24)13-28-20(25)16-7-6-8-17(12-16)29(26,27)23-21(3,4)5/h6-12,23H,13H2,1-5H3,(H,22,24). The number of hydrogen-bond acceptors (Lipinski definition) is 5. The Morgan fingerprint density at radius 1 is 1.03 bits per heavy atom. The number of esters is 1. The van der Waals surface area contributed by atoms with Crippen molar-refractivity contribution in [2.75, 3.05) is 11.9 Å². The van der Waals surface area contributed by atoms with Crippen molar-refractivity contribution in [2.24, 2.45) is 0 Å². The maximum absolute atomic E-state index is 12.4. The zero-order chi connectivity index (χ0) is 21.8. The molecule has 156 valence electrons. The van der Waals surface area contributed by atoms with E-state index in [-0.39, 0.29) is 10.5 Å². The molecule has 0 aliphatic rings. The summed E-state index contributed by atoms with van der Waals surface area (Å²) >= 11 is 0. The number of aryl methyl sites for hydroxylation is 2. The quantitative estimate of drug-likeness (QED) is 0.702. The van der Waals surface area contributed by atoms with E-state index in [2.05, 4.69) is 10.0 Å². The lowest BCUT2D eigenvalue weighted by Crippen LogP contribution is -2.40. The fourth-order valence-corrected chi connectivity index (χ4v) is 4.07. The van der Waals surface area contributed by atoms with Crippen molar-refractivity contribution < 1.29 is 22.7 Å². The van der Waals surface area contributed by atoms with Gasteiger partial charge < -0.3 is 10.1 Å². The van der Waals surface area contributed by atoms with Crippen molar-refractivity contribution in [3.63, 3.8) is 0 Å². The van der Waals surface area contributed by atoms with Gasteiger partial charge in [-0.25, -0.2) is 17.9 Å². The normalized spacial score (nSPS) is 11.8. The second-order valence-corrected chi connectivity index (χ2v) is 9.51. The van der Waals surface area contributed by atoms with Crippen molar-refractivity contribution >= 4 is 27.6 Å². The van der Waals surface area contributed by atoms with Crippen molar-refractivity contribution in [3.8, 4) is 0 Å². The van der Waals surface area contributed by atoms with E-state index in [1.165, 1.54) is 24.3 Å². The molecule has 0 saturated carbocycles. The van der Waals surface area contributed by atoms with Crippen LogP contribution in [0.15, 0.2) is 47.4 Å². The average Bonchev–Trinajstić information content (AvgIpc) is 2.60. The van der Waals surface area contributed by atoms with Gasteiger partial charge in [-0.2, -0.15) is 0 Å². The highest BCUT2D eigenvalue weighted by Gasteiger charge is 2.23. The lowest BCUT2D eigenvalue weighted by Gasteiger charge is -2.20. The number of nitrogens with one attached hydrogen (secondary N) is 2. The summed E-state index contributed by atoms with van der Waals surface area (Å²) in [6.45, 7) is 8.49. The number of sulfonamides is 1. The maximum atomic E-state index is 12.4. The highest BCUT2D eigenvalue weighted by atomic mass is 32.2. The summed E-state index contributed by atoms with van der Waals surface area (Å²) in [4.78, 5) is 24.3. The first-order valence-corrected chi connectivity index (χ1v) is 10.5. The molecule has 2 aromatic carbocycles. The van der Waals surface area contributed by atoms with Gasteiger partial charge in [0.05, 0.1) is 10.5 Å².